The van der Waals surface area contributed by atoms with Crippen LogP contribution in [0.2, 0.25) is 0 Å². The summed E-state index contributed by atoms with van der Waals surface area (Å²) >= 11 is 0. The van der Waals surface area contributed by atoms with E-state index in [0.29, 0.717) is 0 Å². The van der Waals surface area contributed by atoms with Gasteiger partial charge in [0.2, 0.25) is 0 Å². The average Bonchev–Trinajstić information content (AvgIpc) is 2.67. The topological polar surface area (TPSA) is 134 Å². The van der Waals surface area contributed by atoms with Crippen LogP contribution in [0.1, 0.15) is 6.42 Å². The Morgan fingerprint density at radius 3 is 2.83 bits per heavy atom. The van der Waals surface area contributed by atoms with Crippen molar-refractivity contribution in [2.75, 3.05) is 6.61 Å². The third-order valence-electron chi connectivity index (χ3n) is 2.75. The van der Waals surface area contributed by atoms with Gasteiger partial charge >= 0.3 is 5.69 Å². The molecule has 1 aromatic rings. The maximum absolute atomic E-state index is 11.6. The molecule has 1 aliphatic heterocycles. The van der Waals surface area contributed by atoms with Crippen molar-refractivity contribution in [3.05, 3.63) is 33.1 Å². The highest BCUT2D eigenvalue weighted by atomic mass is 17.2. The first kappa shape index (κ1) is 12.9. The lowest BCUT2D eigenvalue weighted by Gasteiger charge is -2.26. The molecule has 0 spiro atoms. The molecule has 2 heterocycles. The fourth-order valence-corrected chi connectivity index (χ4v) is 1.86. The first-order chi connectivity index (χ1) is 8.52. The van der Waals surface area contributed by atoms with Gasteiger partial charge < -0.3 is 14.9 Å². The van der Waals surface area contributed by atoms with E-state index in [0.717, 1.165) is 16.8 Å². The Labute approximate surface area is 99.8 Å². The second-order valence-electron chi connectivity index (χ2n) is 3.89. The Hall–Kier alpha value is -1.52. The van der Waals surface area contributed by atoms with Crippen molar-refractivity contribution in [3.8, 4) is 0 Å². The monoisotopic (exact) mass is 260 g/mol. The van der Waals surface area contributed by atoms with E-state index < -0.39 is 36.0 Å². The highest BCUT2D eigenvalue weighted by Crippen LogP contribution is 2.34. The normalized spacial score (nSPS) is 31.7. The summed E-state index contributed by atoms with van der Waals surface area (Å²) in [6.07, 6.45) is -1.35. The van der Waals surface area contributed by atoms with E-state index in [1.807, 2.05) is 4.98 Å². The number of nitrogens with one attached hydrogen (secondary N) is 1. The van der Waals surface area contributed by atoms with Gasteiger partial charge in [0, 0.05) is 12.3 Å². The zero-order chi connectivity index (χ0) is 13.3. The van der Waals surface area contributed by atoms with Crippen LogP contribution in [0, 0.1) is 0 Å². The van der Waals surface area contributed by atoms with Gasteiger partial charge in [0.15, 0.2) is 0 Å². The molecule has 0 radical (unpaired) electrons. The van der Waals surface area contributed by atoms with E-state index in [4.69, 9.17) is 15.1 Å². The lowest BCUT2D eigenvalue weighted by atomic mass is 10.2. The molecule has 2 rings (SSSR count). The number of nitrogens with zero attached hydrogens (tertiary/aromatic N) is 1. The van der Waals surface area contributed by atoms with Gasteiger partial charge in [-0.1, -0.05) is 0 Å². The molecule has 1 aliphatic rings. The Morgan fingerprint density at radius 1 is 1.61 bits per heavy atom. The molecule has 1 fully saturated rings. The Bertz CT molecular complexity index is 538. The number of rotatable bonds is 3. The summed E-state index contributed by atoms with van der Waals surface area (Å²) in [5, 5.41) is 27.5. The smallest absolute Gasteiger partial charge is 0.332 e. The quantitative estimate of drug-likeness (QED) is 0.357. The first-order valence-electron chi connectivity index (χ1n) is 5.14. The molecule has 0 aromatic carbocycles. The van der Waals surface area contributed by atoms with Gasteiger partial charge in [0.1, 0.15) is 6.10 Å². The lowest BCUT2D eigenvalue weighted by Crippen LogP contribution is -2.45. The van der Waals surface area contributed by atoms with Gasteiger partial charge in [0.05, 0.1) is 19.1 Å². The number of aliphatic hydroxyl groups excluding tert-OH is 2. The number of ether oxygens (including phenoxy) is 1. The molecule has 1 aromatic heterocycles. The summed E-state index contributed by atoms with van der Waals surface area (Å²) in [5.41, 5.74) is -1.50. The summed E-state index contributed by atoms with van der Waals surface area (Å²) in [5.74, 6) is -1.96. The minimum Gasteiger partial charge on any atom is -0.394 e. The number of H-pyrrole nitrogens is 1. The molecule has 3 atom stereocenters. The maximum atomic E-state index is 11.6. The molecule has 0 aliphatic carbocycles. The van der Waals surface area contributed by atoms with Crippen molar-refractivity contribution < 1.29 is 25.1 Å². The van der Waals surface area contributed by atoms with Crippen LogP contribution in [0.15, 0.2) is 21.9 Å². The van der Waals surface area contributed by atoms with Crippen LogP contribution in [0.5, 0.6) is 0 Å². The third kappa shape index (κ3) is 1.98. The molecular formula is C9H12N2O7. The molecule has 0 amide bonds. The van der Waals surface area contributed by atoms with Crippen molar-refractivity contribution in [2.45, 2.75) is 24.5 Å². The standard InChI is InChI=1S/C9H12N2O7/c12-4-6-5(13)3-9(17-6,18-16)11-2-1-7(14)10-8(11)15/h1-2,5-6,12-13,16H,3-4H2,(H,10,14,15)/t5-,6+,9?/m0/s1. The van der Waals surface area contributed by atoms with Crippen molar-refractivity contribution in [1.82, 2.24) is 9.55 Å². The van der Waals surface area contributed by atoms with Gasteiger partial charge in [0.25, 0.3) is 11.5 Å². The zero-order valence-electron chi connectivity index (χ0n) is 9.15. The molecule has 1 saturated heterocycles. The van der Waals surface area contributed by atoms with Crippen LogP contribution in [0.25, 0.3) is 0 Å². The fourth-order valence-electron chi connectivity index (χ4n) is 1.86. The van der Waals surface area contributed by atoms with E-state index in [1.165, 1.54) is 0 Å². The van der Waals surface area contributed by atoms with Gasteiger partial charge in [-0.15, -0.1) is 0 Å². The molecule has 9 heteroatoms. The Balaban J connectivity index is 2.46. The Morgan fingerprint density at radius 2 is 2.33 bits per heavy atom. The van der Waals surface area contributed by atoms with Gasteiger partial charge in [-0.3, -0.25) is 9.78 Å². The molecule has 9 nitrogen and oxygen atoms in total. The minimum atomic E-state index is -1.96. The summed E-state index contributed by atoms with van der Waals surface area (Å²) < 4.78 is 5.92. The number of hydrogen-bond donors (Lipinski definition) is 4. The van der Waals surface area contributed by atoms with Gasteiger partial charge in [-0.2, -0.15) is 4.89 Å². The van der Waals surface area contributed by atoms with E-state index in [2.05, 4.69) is 4.89 Å². The number of aromatic amines is 1. The second-order valence-corrected chi connectivity index (χ2v) is 3.89. The zero-order valence-corrected chi connectivity index (χ0v) is 9.15. The van der Waals surface area contributed by atoms with Crippen LogP contribution in [0.3, 0.4) is 0 Å². The van der Waals surface area contributed by atoms with E-state index in [9.17, 15) is 14.7 Å². The molecule has 0 bridgehead atoms. The highest BCUT2D eigenvalue weighted by Gasteiger charge is 2.50. The molecule has 18 heavy (non-hydrogen) atoms. The van der Waals surface area contributed by atoms with Crippen LogP contribution in [-0.4, -0.2) is 43.8 Å². The number of aromatic nitrogens is 2. The molecule has 100 valence electrons. The second kappa shape index (κ2) is 4.63. The van der Waals surface area contributed by atoms with Crippen molar-refractivity contribution in [1.29, 1.82) is 0 Å². The molecule has 0 saturated carbocycles. The Kier molecular flexibility index (Phi) is 3.32. The predicted molar refractivity (Wildman–Crippen MR) is 55.6 cm³/mol. The minimum absolute atomic E-state index is 0.277. The van der Waals surface area contributed by atoms with Crippen LogP contribution in [-0.2, 0) is 15.5 Å². The van der Waals surface area contributed by atoms with Gasteiger partial charge in [-0.25, -0.2) is 14.6 Å². The summed E-state index contributed by atoms with van der Waals surface area (Å²) in [6, 6.07) is 1.03. The third-order valence-corrected chi connectivity index (χ3v) is 2.75. The van der Waals surface area contributed by atoms with Gasteiger partial charge in [-0.05, 0) is 0 Å². The maximum Gasteiger partial charge on any atom is 0.332 e. The SMILES string of the molecule is O=c1ccn(C2(OO)C[C@H](O)[C@@H](CO)O2)c(=O)[nH]1. The van der Waals surface area contributed by atoms with E-state index >= 15 is 0 Å². The van der Waals surface area contributed by atoms with E-state index in [-0.39, 0.29) is 6.42 Å². The summed E-state index contributed by atoms with van der Waals surface area (Å²) in [7, 11) is 0. The number of hydrogen-bond acceptors (Lipinski definition) is 7. The van der Waals surface area contributed by atoms with Crippen LogP contribution >= 0.6 is 0 Å². The molecule has 1 unspecified atom stereocenters. The fraction of sp³-hybridized carbons (Fsp3) is 0.556. The van der Waals surface area contributed by atoms with Crippen molar-refractivity contribution in [2.24, 2.45) is 0 Å². The number of aliphatic hydroxyl groups is 2. The largest absolute Gasteiger partial charge is 0.394 e. The molecular weight excluding hydrogens is 248 g/mol. The van der Waals surface area contributed by atoms with Crippen LogP contribution in [0.4, 0.5) is 0 Å². The average molecular weight is 260 g/mol. The lowest BCUT2D eigenvalue weighted by molar-refractivity contribution is -0.438. The van der Waals surface area contributed by atoms with Crippen molar-refractivity contribution in [3.63, 3.8) is 0 Å². The molecule has 4 N–H and O–H groups in total. The van der Waals surface area contributed by atoms with E-state index in [1.54, 1.807) is 0 Å². The predicted octanol–water partition coefficient (Wildman–Crippen LogP) is -2.22. The summed E-state index contributed by atoms with van der Waals surface area (Å²) in [4.78, 5) is 28.6. The first-order valence-corrected chi connectivity index (χ1v) is 5.14. The highest BCUT2D eigenvalue weighted by molar-refractivity contribution is 4.91. The van der Waals surface area contributed by atoms with Crippen molar-refractivity contribution >= 4 is 0 Å². The summed E-state index contributed by atoms with van der Waals surface area (Å²) in [6.45, 7) is -0.510. The van der Waals surface area contributed by atoms with Crippen LogP contribution < -0.4 is 11.2 Å².